The number of hydrogen-bond donors (Lipinski definition) is 1. The molecule has 0 unspecified atom stereocenters. The zero-order valence-corrected chi connectivity index (χ0v) is 14.1. The second-order valence-electron chi connectivity index (χ2n) is 6.79. The maximum atomic E-state index is 5.90. The summed E-state index contributed by atoms with van der Waals surface area (Å²) in [6, 6.07) is 6.52. The Morgan fingerprint density at radius 3 is 2.52 bits per heavy atom. The van der Waals surface area contributed by atoms with Gasteiger partial charge in [0, 0.05) is 0 Å². The van der Waals surface area contributed by atoms with E-state index in [1.807, 2.05) is 0 Å². The Morgan fingerprint density at radius 1 is 1.10 bits per heavy atom. The van der Waals surface area contributed by atoms with Crippen molar-refractivity contribution in [2.45, 2.75) is 58.8 Å². The molecule has 1 saturated heterocycles. The lowest BCUT2D eigenvalue weighted by Gasteiger charge is -2.23. The third-order valence-corrected chi connectivity index (χ3v) is 4.62. The normalized spacial score (nSPS) is 16.4. The summed E-state index contributed by atoms with van der Waals surface area (Å²) in [7, 11) is 0. The first kappa shape index (κ1) is 16.4. The Bertz CT molecular complexity index is 422. The number of benzene rings is 1. The number of nitrogens with one attached hydrogen (secondary N) is 1. The maximum Gasteiger partial charge on any atom is 0.119 e. The second-order valence-corrected chi connectivity index (χ2v) is 6.79. The molecule has 0 radical (unpaired) electrons. The summed E-state index contributed by atoms with van der Waals surface area (Å²) >= 11 is 0. The molecule has 1 aliphatic heterocycles. The van der Waals surface area contributed by atoms with Crippen LogP contribution in [0.2, 0.25) is 0 Å². The first-order chi connectivity index (χ1) is 10.2. The van der Waals surface area contributed by atoms with Gasteiger partial charge >= 0.3 is 0 Å². The van der Waals surface area contributed by atoms with E-state index in [4.69, 9.17) is 4.74 Å². The lowest BCUT2D eigenvalue weighted by Crippen LogP contribution is -3.12. The van der Waals surface area contributed by atoms with Gasteiger partial charge in [0.1, 0.15) is 5.75 Å². The molecular formula is C19H32NO+. The summed E-state index contributed by atoms with van der Waals surface area (Å²) in [5.41, 5.74) is 2.77. The highest BCUT2D eigenvalue weighted by Gasteiger charge is 2.12. The maximum absolute atomic E-state index is 5.90. The van der Waals surface area contributed by atoms with Gasteiger partial charge in [-0.15, -0.1) is 0 Å². The molecule has 0 bridgehead atoms. The lowest BCUT2D eigenvalue weighted by atomic mass is 9.98. The summed E-state index contributed by atoms with van der Waals surface area (Å²) in [5.74, 6) is 1.62. The first-order valence-electron chi connectivity index (χ1n) is 8.73. The monoisotopic (exact) mass is 290 g/mol. The fraction of sp³-hybridized carbons (Fsp3) is 0.684. The van der Waals surface area contributed by atoms with E-state index in [9.17, 15) is 0 Å². The van der Waals surface area contributed by atoms with Crippen LogP contribution < -0.4 is 9.64 Å². The molecule has 1 aromatic carbocycles. The van der Waals surface area contributed by atoms with Gasteiger partial charge in [-0.3, -0.25) is 0 Å². The highest BCUT2D eigenvalue weighted by molar-refractivity contribution is 5.36. The molecule has 0 aromatic heterocycles. The molecular weight excluding hydrogens is 258 g/mol. The van der Waals surface area contributed by atoms with Crippen LogP contribution in [0, 0.1) is 6.92 Å². The predicted molar refractivity (Wildman–Crippen MR) is 89.4 cm³/mol. The number of hydrogen-bond acceptors (Lipinski definition) is 1. The van der Waals surface area contributed by atoms with Crippen LogP contribution in [0.3, 0.4) is 0 Å². The molecule has 0 aliphatic carbocycles. The quantitative estimate of drug-likeness (QED) is 0.760. The average molecular weight is 290 g/mol. The fourth-order valence-electron chi connectivity index (χ4n) is 3.35. The van der Waals surface area contributed by atoms with Crippen molar-refractivity contribution in [1.82, 2.24) is 0 Å². The number of unbranched alkanes of at least 4 members (excludes halogenated alkanes) is 1. The Morgan fingerprint density at radius 2 is 1.86 bits per heavy atom. The molecule has 2 nitrogen and oxygen atoms in total. The van der Waals surface area contributed by atoms with E-state index in [1.54, 1.807) is 4.90 Å². The average Bonchev–Trinajstić information content (AvgIpc) is 2.47. The van der Waals surface area contributed by atoms with Crippen molar-refractivity contribution in [2.24, 2.45) is 0 Å². The van der Waals surface area contributed by atoms with Crippen LogP contribution in [0.4, 0.5) is 0 Å². The van der Waals surface area contributed by atoms with Crippen LogP contribution in [0.15, 0.2) is 18.2 Å². The number of aryl methyl sites for hydroxylation is 1. The highest BCUT2D eigenvalue weighted by Crippen LogP contribution is 2.23. The van der Waals surface area contributed by atoms with Gasteiger partial charge in [0.05, 0.1) is 26.2 Å². The zero-order chi connectivity index (χ0) is 15.1. The van der Waals surface area contributed by atoms with E-state index in [1.165, 1.54) is 62.9 Å². The Kier molecular flexibility index (Phi) is 6.56. The largest absolute Gasteiger partial charge is 0.494 e. The number of likely N-dealkylation sites (tertiary alicyclic amines) is 1. The molecule has 1 fully saturated rings. The van der Waals surface area contributed by atoms with Gasteiger partial charge in [-0.25, -0.2) is 0 Å². The van der Waals surface area contributed by atoms with E-state index in [2.05, 4.69) is 39.0 Å². The molecule has 2 rings (SSSR count). The Hall–Kier alpha value is -1.02. The SMILES string of the molecule is Cc1cc(OCCCC[NH+]2CCCCC2)ccc1C(C)C. The molecule has 0 spiro atoms. The van der Waals surface area contributed by atoms with Crippen molar-refractivity contribution in [3.8, 4) is 5.75 Å². The molecule has 118 valence electrons. The van der Waals surface area contributed by atoms with Crippen molar-refractivity contribution in [1.29, 1.82) is 0 Å². The van der Waals surface area contributed by atoms with E-state index in [0.717, 1.165) is 12.4 Å². The van der Waals surface area contributed by atoms with Crippen LogP contribution in [-0.4, -0.2) is 26.2 Å². The van der Waals surface area contributed by atoms with Crippen molar-refractivity contribution in [3.05, 3.63) is 29.3 Å². The summed E-state index contributed by atoms with van der Waals surface area (Å²) in [5, 5.41) is 0. The summed E-state index contributed by atoms with van der Waals surface area (Å²) in [6.45, 7) is 11.6. The van der Waals surface area contributed by atoms with Gasteiger partial charge in [-0.1, -0.05) is 19.9 Å². The third kappa shape index (κ3) is 5.35. The van der Waals surface area contributed by atoms with Gasteiger partial charge < -0.3 is 9.64 Å². The van der Waals surface area contributed by atoms with Crippen LogP contribution in [0.5, 0.6) is 5.75 Å². The zero-order valence-electron chi connectivity index (χ0n) is 14.1. The minimum atomic E-state index is 0.589. The van der Waals surface area contributed by atoms with Crippen LogP contribution in [0.1, 0.15) is 63.0 Å². The van der Waals surface area contributed by atoms with E-state index in [0.29, 0.717) is 5.92 Å². The van der Waals surface area contributed by atoms with Crippen molar-refractivity contribution >= 4 is 0 Å². The molecule has 1 N–H and O–H groups in total. The summed E-state index contributed by atoms with van der Waals surface area (Å²) in [4.78, 5) is 1.80. The van der Waals surface area contributed by atoms with Crippen LogP contribution >= 0.6 is 0 Å². The minimum absolute atomic E-state index is 0.589. The Labute approximate surface area is 130 Å². The third-order valence-electron chi connectivity index (χ3n) is 4.62. The van der Waals surface area contributed by atoms with E-state index < -0.39 is 0 Å². The minimum Gasteiger partial charge on any atom is -0.494 e. The van der Waals surface area contributed by atoms with Gasteiger partial charge in [0.2, 0.25) is 0 Å². The topological polar surface area (TPSA) is 13.7 Å². The molecule has 0 amide bonds. The summed E-state index contributed by atoms with van der Waals surface area (Å²) < 4.78 is 5.90. The van der Waals surface area contributed by atoms with E-state index >= 15 is 0 Å². The predicted octanol–water partition coefficient (Wildman–Crippen LogP) is 3.35. The second kappa shape index (κ2) is 8.43. The number of ether oxygens (including phenoxy) is 1. The molecule has 1 aliphatic rings. The Balaban J connectivity index is 1.65. The van der Waals surface area contributed by atoms with E-state index in [-0.39, 0.29) is 0 Å². The molecule has 21 heavy (non-hydrogen) atoms. The van der Waals surface area contributed by atoms with Gasteiger partial charge in [-0.2, -0.15) is 0 Å². The van der Waals surface area contributed by atoms with Gasteiger partial charge in [-0.05, 0) is 68.2 Å². The summed E-state index contributed by atoms with van der Waals surface area (Å²) in [6.07, 6.45) is 6.76. The van der Waals surface area contributed by atoms with Crippen molar-refractivity contribution in [3.63, 3.8) is 0 Å². The highest BCUT2D eigenvalue weighted by atomic mass is 16.5. The molecule has 1 heterocycles. The van der Waals surface area contributed by atoms with Crippen molar-refractivity contribution in [2.75, 3.05) is 26.2 Å². The molecule has 1 aromatic rings. The van der Waals surface area contributed by atoms with Gasteiger partial charge in [0.15, 0.2) is 0 Å². The van der Waals surface area contributed by atoms with Crippen LogP contribution in [0.25, 0.3) is 0 Å². The van der Waals surface area contributed by atoms with Crippen molar-refractivity contribution < 1.29 is 9.64 Å². The molecule has 0 saturated carbocycles. The fourth-order valence-corrected chi connectivity index (χ4v) is 3.35. The lowest BCUT2D eigenvalue weighted by molar-refractivity contribution is -0.905. The first-order valence-corrected chi connectivity index (χ1v) is 8.73. The molecule has 0 atom stereocenters. The van der Waals surface area contributed by atoms with Gasteiger partial charge in [0.25, 0.3) is 0 Å². The molecule has 2 heteroatoms. The number of rotatable bonds is 7. The number of piperidine rings is 1. The standard InChI is InChI=1S/C19H31NO/c1-16(2)19-10-9-18(15-17(19)3)21-14-8-7-13-20-11-5-4-6-12-20/h9-10,15-16H,4-8,11-14H2,1-3H3/p+1. The van der Waals surface area contributed by atoms with Crippen LogP contribution in [-0.2, 0) is 0 Å². The smallest absolute Gasteiger partial charge is 0.119 e. The number of quaternary nitrogens is 1.